The molecule has 1 aromatic rings. The van der Waals surface area contributed by atoms with Gasteiger partial charge in [0, 0.05) is 32.6 Å². The lowest BCUT2D eigenvalue weighted by molar-refractivity contribution is -0.131. The summed E-state index contributed by atoms with van der Waals surface area (Å²) >= 11 is 0. The fraction of sp³-hybridized carbons (Fsp3) is 0.667. The van der Waals surface area contributed by atoms with Gasteiger partial charge in [-0.3, -0.25) is 9.59 Å². The Morgan fingerprint density at radius 3 is 2.50 bits per heavy atom. The molecule has 1 atom stereocenters. The molecule has 32 heavy (non-hydrogen) atoms. The standard InChI is InChI=1S/C21H31N3O7S/c1-2-30-21(27)17-9-10-19(31-17)32(28,29)24-15-7-8-16(24)20(26)22-12-11-18(25)23-13-5-3-4-6-14-23/h9-10,16H,2-8,11-15H2,1H3,(H,22,26). The minimum Gasteiger partial charge on any atom is -0.460 e. The van der Waals surface area contributed by atoms with Crippen LogP contribution in [0, 0.1) is 0 Å². The Balaban J connectivity index is 1.57. The lowest BCUT2D eigenvalue weighted by Crippen LogP contribution is -2.46. The van der Waals surface area contributed by atoms with Crippen molar-refractivity contribution in [1.29, 1.82) is 0 Å². The van der Waals surface area contributed by atoms with Crippen LogP contribution in [-0.2, 0) is 24.3 Å². The van der Waals surface area contributed by atoms with E-state index in [1.165, 1.54) is 12.1 Å². The molecule has 1 aromatic heterocycles. The Kier molecular flexibility index (Phi) is 8.30. The zero-order valence-electron chi connectivity index (χ0n) is 18.4. The van der Waals surface area contributed by atoms with Crippen molar-refractivity contribution in [1.82, 2.24) is 14.5 Å². The van der Waals surface area contributed by atoms with Crippen molar-refractivity contribution < 1.29 is 32.0 Å². The summed E-state index contributed by atoms with van der Waals surface area (Å²) in [6, 6.07) is 1.54. The topological polar surface area (TPSA) is 126 Å². The van der Waals surface area contributed by atoms with Crippen molar-refractivity contribution >= 4 is 27.8 Å². The van der Waals surface area contributed by atoms with Crippen molar-refractivity contribution in [3.05, 3.63) is 17.9 Å². The van der Waals surface area contributed by atoms with E-state index in [9.17, 15) is 22.8 Å². The van der Waals surface area contributed by atoms with Crippen LogP contribution in [0.1, 0.15) is 62.4 Å². The maximum Gasteiger partial charge on any atom is 0.374 e. The first-order chi connectivity index (χ1) is 15.3. The lowest BCUT2D eigenvalue weighted by Gasteiger charge is -2.23. The average molecular weight is 470 g/mol. The fourth-order valence-electron chi connectivity index (χ4n) is 4.06. The molecule has 2 aliphatic rings. The van der Waals surface area contributed by atoms with Crippen LogP contribution in [0.2, 0.25) is 0 Å². The van der Waals surface area contributed by atoms with Gasteiger partial charge in [0.05, 0.1) is 6.61 Å². The van der Waals surface area contributed by atoms with E-state index in [0.717, 1.165) is 43.1 Å². The highest BCUT2D eigenvalue weighted by Crippen LogP contribution is 2.27. The number of hydrogen-bond acceptors (Lipinski definition) is 7. The molecule has 0 aromatic carbocycles. The predicted molar refractivity (Wildman–Crippen MR) is 114 cm³/mol. The second-order valence-electron chi connectivity index (χ2n) is 7.95. The average Bonchev–Trinajstić information content (AvgIpc) is 3.39. The van der Waals surface area contributed by atoms with E-state index in [-0.39, 0.29) is 37.8 Å². The zero-order valence-corrected chi connectivity index (χ0v) is 19.2. The zero-order chi connectivity index (χ0) is 23.1. The van der Waals surface area contributed by atoms with Crippen LogP contribution in [0.3, 0.4) is 0 Å². The van der Waals surface area contributed by atoms with E-state index in [1.54, 1.807) is 6.92 Å². The second kappa shape index (κ2) is 11.0. The van der Waals surface area contributed by atoms with Crippen LogP contribution in [0.25, 0.3) is 0 Å². The molecule has 2 saturated heterocycles. The van der Waals surface area contributed by atoms with Gasteiger partial charge in [-0.1, -0.05) is 12.8 Å². The van der Waals surface area contributed by atoms with Crippen LogP contribution in [0.15, 0.2) is 21.6 Å². The molecule has 2 aliphatic heterocycles. The van der Waals surface area contributed by atoms with Gasteiger partial charge in [0.15, 0.2) is 0 Å². The number of amides is 2. The van der Waals surface area contributed by atoms with Crippen molar-refractivity contribution in [2.24, 2.45) is 0 Å². The van der Waals surface area contributed by atoms with Gasteiger partial charge in [-0.2, -0.15) is 4.31 Å². The third kappa shape index (κ3) is 5.69. The lowest BCUT2D eigenvalue weighted by atomic mass is 10.2. The smallest absolute Gasteiger partial charge is 0.374 e. The maximum absolute atomic E-state index is 13.0. The summed E-state index contributed by atoms with van der Waals surface area (Å²) in [6.07, 6.45) is 5.33. The molecule has 2 fully saturated rings. The molecule has 10 nitrogen and oxygen atoms in total. The summed E-state index contributed by atoms with van der Waals surface area (Å²) in [5, 5.41) is 2.30. The van der Waals surface area contributed by atoms with Crippen LogP contribution in [-0.4, -0.2) is 74.2 Å². The highest BCUT2D eigenvalue weighted by Gasteiger charge is 2.41. The van der Waals surface area contributed by atoms with Gasteiger partial charge in [0.1, 0.15) is 6.04 Å². The molecule has 3 heterocycles. The van der Waals surface area contributed by atoms with Gasteiger partial charge in [-0.25, -0.2) is 13.2 Å². The van der Waals surface area contributed by atoms with Crippen molar-refractivity contribution in [2.45, 2.75) is 63.0 Å². The SMILES string of the molecule is CCOC(=O)c1ccc(S(=O)(=O)N2CCCC2C(=O)NCCC(=O)N2CCCCCC2)o1. The summed E-state index contributed by atoms with van der Waals surface area (Å²) in [5.74, 6) is -1.39. The summed E-state index contributed by atoms with van der Waals surface area (Å²) in [7, 11) is -4.10. The predicted octanol–water partition coefficient (Wildman–Crippen LogP) is 1.52. The molecule has 0 bridgehead atoms. The minimum absolute atomic E-state index is 0.00480. The van der Waals surface area contributed by atoms with Crippen molar-refractivity contribution in [2.75, 3.05) is 32.8 Å². The van der Waals surface area contributed by atoms with Crippen molar-refractivity contribution in [3.8, 4) is 0 Å². The number of furan rings is 1. The number of carbonyl (C=O) groups is 3. The quantitative estimate of drug-likeness (QED) is 0.572. The number of rotatable bonds is 8. The van der Waals surface area contributed by atoms with Crippen LogP contribution < -0.4 is 5.32 Å². The van der Waals surface area contributed by atoms with Gasteiger partial charge < -0.3 is 19.4 Å². The monoisotopic (exact) mass is 469 g/mol. The van der Waals surface area contributed by atoms with Gasteiger partial charge >= 0.3 is 5.97 Å². The van der Waals surface area contributed by atoms with E-state index < -0.39 is 33.0 Å². The molecule has 3 rings (SSSR count). The van der Waals surface area contributed by atoms with Crippen molar-refractivity contribution in [3.63, 3.8) is 0 Å². The number of carbonyl (C=O) groups excluding carboxylic acids is 3. The number of hydrogen-bond donors (Lipinski definition) is 1. The Morgan fingerprint density at radius 2 is 1.81 bits per heavy atom. The Labute approximate surface area is 188 Å². The van der Waals surface area contributed by atoms with Gasteiger partial charge in [-0.15, -0.1) is 0 Å². The maximum atomic E-state index is 13.0. The van der Waals surface area contributed by atoms with Gasteiger partial charge in [-0.05, 0) is 44.7 Å². The molecular weight excluding hydrogens is 438 g/mol. The normalized spacial score (nSPS) is 20.0. The number of ether oxygens (including phenoxy) is 1. The Bertz CT molecular complexity index is 920. The largest absolute Gasteiger partial charge is 0.460 e. The second-order valence-corrected chi connectivity index (χ2v) is 9.77. The molecule has 2 amide bonds. The number of nitrogens with one attached hydrogen (secondary N) is 1. The van der Waals surface area contributed by atoms with Gasteiger partial charge in [0.25, 0.3) is 10.0 Å². The van der Waals surface area contributed by atoms with E-state index in [2.05, 4.69) is 5.32 Å². The van der Waals surface area contributed by atoms with E-state index in [1.807, 2.05) is 4.90 Å². The van der Waals surface area contributed by atoms with Gasteiger partial charge in [0.2, 0.25) is 22.7 Å². The van der Waals surface area contributed by atoms with Crippen LogP contribution in [0.5, 0.6) is 0 Å². The summed E-state index contributed by atoms with van der Waals surface area (Å²) in [5.41, 5.74) is 0. The Morgan fingerprint density at radius 1 is 1.09 bits per heavy atom. The highest BCUT2D eigenvalue weighted by atomic mass is 32.2. The number of likely N-dealkylation sites (tertiary alicyclic amines) is 1. The third-order valence-electron chi connectivity index (χ3n) is 5.72. The van der Waals surface area contributed by atoms with E-state index in [0.29, 0.717) is 12.8 Å². The first kappa shape index (κ1) is 24.2. The Hall–Kier alpha value is -2.40. The number of nitrogens with zero attached hydrogens (tertiary/aromatic N) is 2. The molecule has 0 aliphatic carbocycles. The molecule has 0 radical (unpaired) electrons. The third-order valence-corrected chi connectivity index (χ3v) is 7.51. The molecule has 11 heteroatoms. The summed E-state index contributed by atoms with van der Waals surface area (Å²) < 4.78 is 37.1. The van der Waals surface area contributed by atoms with E-state index in [4.69, 9.17) is 9.15 Å². The van der Waals surface area contributed by atoms with Crippen LogP contribution in [0.4, 0.5) is 0 Å². The highest BCUT2D eigenvalue weighted by molar-refractivity contribution is 7.89. The number of esters is 1. The molecule has 178 valence electrons. The first-order valence-electron chi connectivity index (χ1n) is 11.2. The van der Waals surface area contributed by atoms with Crippen LogP contribution >= 0.6 is 0 Å². The molecule has 1 N–H and O–H groups in total. The first-order valence-corrected chi connectivity index (χ1v) is 12.6. The number of sulfonamides is 1. The molecule has 0 spiro atoms. The minimum atomic E-state index is -4.10. The molecule has 0 saturated carbocycles. The fourth-order valence-corrected chi connectivity index (χ4v) is 5.64. The molecule has 1 unspecified atom stereocenters. The summed E-state index contributed by atoms with van der Waals surface area (Å²) in [6.45, 7) is 3.59. The van der Waals surface area contributed by atoms with E-state index >= 15 is 0 Å². The summed E-state index contributed by atoms with van der Waals surface area (Å²) in [4.78, 5) is 38.7. The molecular formula is C21H31N3O7S.